The van der Waals surface area contributed by atoms with Gasteiger partial charge in [-0.2, -0.15) is 0 Å². The van der Waals surface area contributed by atoms with Gasteiger partial charge < -0.3 is 16.8 Å². The van der Waals surface area contributed by atoms with E-state index in [0.29, 0.717) is 19.5 Å². The average Bonchev–Trinajstić information content (AvgIpc) is 2.38. The smallest absolute Gasteiger partial charge is 0.219 e. The molecule has 1 radical (unpaired) electrons. The van der Waals surface area contributed by atoms with Crippen molar-refractivity contribution in [3.63, 3.8) is 0 Å². The minimum absolute atomic E-state index is 0.0497. The molecule has 0 spiro atoms. The van der Waals surface area contributed by atoms with Crippen molar-refractivity contribution in [2.45, 2.75) is 45.1 Å². The first-order valence-electron chi connectivity index (χ1n) is 6.84. The first-order valence-corrected chi connectivity index (χ1v) is 6.84. The minimum Gasteiger partial charge on any atom is -0.370 e. The van der Waals surface area contributed by atoms with Crippen LogP contribution in [-0.4, -0.2) is 42.3 Å². The monoisotopic (exact) mass is 284 g/mol. The highest BCUT2D eigenvalue weighted by Gasteiger charge is 2.18. The second-order valence-electron chi connectivity index (χ2n) is 4.54. The molecule has 0 aliphatic rings. The van der Waals surface area contributed by atoms with Gasteiger partial charge in [-0.05, 0) is 25.7 Å². The van der Waals surface area contributed by atoms with Gasteiger partial charge in [-0.3, -0.25) is 21.0 Å². The minimum atomic E-state index is -0.428. The highest BCUT2D eigenvalue weighted by atomic mass is 16.1. The lowest BCUT2D eigenvalue weighted by Crippen LogP contribution is -2.51. The second-order valence-corrected chi connectivity index (χ2v) is 4.54. The summed E-state index contributed by atoms with van der Waals surface area (Å²) in [6.07, 6.45) is 6.10. The van der Waals surface area contributed by atoms with E-state index in [4.69, 9.17) is 22.3 Å². The van der Waals surface area contributed by atoms with Crippen LogP contribution in [0.3, 0.4) is 0 Å². The van der Waals surface area contributed by atoms with E-state index in [2.05, 4.69) is 17.7 Å². The number of hydrogen-bond acceptors (Lipinski definition) is 4. The van der Waals surface area contributed by atoms with E-state index in [9.17, 15) is 4.79 Å². The molecule has 8 N–H and O–H groups in total. The largest absolute Gasteiger partial charge is 0.370 e. The van der Waals surface area contributed by atoms with Gasteiger partial charge in [0.15, 0.2) is 5.96 Å². The number of nitrogens with two attached hydrogens (primary N) is 2. The number of unbranched alkanes of at least 4 members (excludes halogenated alkanes) is 2. The third-order valence-corrected chi connectivity index (χ3v) is 2.75. The Morgan fingerprint density at radius 3 is 2.45 bits per heavy atom. The average molecular weight is 284 g/mol. The first kappa shape index (κ1) is 18.2. The van der Waals surface area contributed by atoms with Crippen molar-refractivity contribution in [3.8, 4) is 0 Å². The predicted molar refractivity (Wildman–Crippen MR) is 79.9 cm³/mol. The van der Waals surface area contributed by atoms with E-state index in [1.54, 1.807) is 5.01 Å². The lowest BCUT2D eigenvalue weighted by molar-refractivity contribution is 0.185. The van der Waals surface area contributed by atoms with E-state index in [0.717, 1.165) is 25.7 Å². The van der Waals surface area contributed by atoms with Gasteiger partial charge in [-0.1, -0.05) is 13.3 Å². The Kier molecular flexibility index (Phi) is 10.0. The number of hydrazine groups is 1. The molecule has 0 aliphatic carbocycles. The number of rotatable bonds is 11. The molecule has 0 aliphatic heterocycles. The first-order chi connectivity index (χ1) is 9.51. The predicted octanol–water partition coefficient (Wildman–Crippen LogP) is -0.382. The summed E-state index contributed by atoms with van der Waals surface area (Å²) < 4.78 is 0. The van der Waals surface area contributed by atoms with E-state index in [-0.39, 0.29) is 11.9 Å². The van der Waals surface area contributed by atoms with Crippen LogP contribution in [0.15, 0.2) is 0 Å². The maximum absolute atomic E-state index is 11.1. The second kappa shape index (κ2) is 11.0. The summed E-state index contributed by atoms with van der Waals surface area (Å²) in [6, 6.07) is -0.428. The van der Waals surface area contributed by atoms with Gasteiger partial charge in [0.05, 0.1) is 6.04 Å². The molecule has 0 aromatic rings. The highest BCUT2D eigenvalue weighted by molar-refractivity contribution is 5.74. The van der Waals surface area contributed by atoms with Crippen LogP contribution >= 0.6 is 0 Å². The highest BCUT2D eigenvalue weighted by Crippen LogP contribution is 2.06. The summed E-state index contributed by atoms with van der Waals surface area (Å²) in [6.45, 7) is 3.30. The summed E-state index contributed by atoms with van der Waals surface area (Å²) in [5.41, 5.74) is 13.2. The van der Waals surface area contributed by atoms with Crippen LogP contribution in [0, 0.1) is 10.8 Å². The van der Waals surface area contributed by atoms with Gasteiger partial charge >= 0.3 is 0 Å². The van der Waals surface area contributed by atoms with Gasteiger partial charge in [-0.25, -0.2) is 5.01 Å². The molecule has 1 atom stereocenters. The van der Waals surface area contributed by atoms with Gasteiger partial charge in [0.1, 0.15) is 0 Å². The molecule has 0 heterocycles. The molecule has 0 aromatic heterocycles. The summed E-state index contributed by atoms with van der Waals surface area (Å²) >= 11 is 0. The Labute approximate surface area is 120 Å². The third kappa shape index (κ3) is 9.15. The zero-order valence-corrected chi connectivity index (χ0v) is 12.0. The number of hydrogen-bond donors (Lipinski definition) is 6. The maximum Gasteiger partial charge on any atom is 0.219 e. The fourth-order valence-corrected chi connectivity index (χ4v) is 1.74. The molecule has 0 fully saturated rings. The third-order valence-electron chi connectivity index (χ3n) is 2.75. The van der Waals surface area contributed by atoms with Crippen molar-refractivity contribution in [1.82, 2.24) is 15.8 Å². The standard InChI is InChI=1S/C12H26N7O/c1-2-3-8-19(18-12(15)16)10(9-20)6-4-5-7-17-11(13)14/h10H,2-8H2,1H3,(H4,13,14,17)(H4,15,16,18)/t10-/m0/s1. The molecule has 8 nitrogen and oxygen atoms in total. The maximum atomic E-state index is 11.1. The van der Waals surface area contributed by atoms with Crippen molar-refractivity contribution in [2.75, 3.05) is 13.1 Å². The number of nitrogens with zero attached hydrogens (tertiary/aromatic N) is 1. The summed E-state index contributed by atoms with van der Waals surface area (Å²) in [5, 5.41) is 18.7. The van der Waals surface area contributed by atoms with Crippen LogP contribution < -0.4 is 22.2 Å². The number of guanidine groups is 2. The zero-order valence-electron chi connectivity index (χ0n) is 12.0. The van der Waals surface area contributed by atoms with Crippen LogP contribution in [0.5, 0.6) is 0 Å². The van der Waals surface area contributed by atoms with Crippen molar-refractivity contribution < 1.29 is 4.79 Å². The Hall–Kier alpha value is -1.83. The van der Waals surface area contributed by atoms with E-state index in [1.165, 1.54) is 0 Å². The van der Waals surface area contributed by atoms with Crippen molar-refractivity contribution in [2.24, 2.45) is 11.5 Å². The fraction of sp³-hybridized carbons (Fsp3) is 0.750. The number of carbonyl (C=O) groups excluding carboxylic acids is 1. The van der Waals surface area contributed by atoms with Gasteiger partial charge in [0, 0.05) is 13.1 Å². The molecule has 0 saturated heterocycles. The van der Waals surface area contributed by atoms with Crippen LogP contribution in [0.1, 0.15) is 39.0 Å². The Bertz CT molecular complexity index is 308. The van der Waals surface area contributed by atoms with Crippen LogP contribution in [0.2, 0.25) is 0 Å². The van der Waals surface area contributed by atoms with Crippen LogP contribution in [0.4, 0.5) is 0 Å². The molecule has 0 saturated carbocycles. The molecule has 0 amide bonds. The summed E-state index contributed by atoms with van der Waals surface area (Å²) in [5.74, 6) is -0.231. The summed E-state index contributed by atoms with van der Waals surface area (Å²) in [4.78, 5) is 11.1. The Morgan fingerprint density at radius 1 is 1.25 bits per heavy atom. The molecular weight excluding hydrogens is 258 g/mol. The molecule has 20 heavy (non-hydrogen) atoms. The SMILES string of the molecule is CCCCN(NC(=N)N)[C@H]([C]=O)CCCCNC(=N)N. The molecule has 0 bridgehead atoms. The van der Waals surface area contributed by atoms with Gasteiger partial charge in [0.2, 0.25) is 12.2 Å². The van der Waals surface area contributed by atoms with Crippen molar-refractivity contribution >= 4 is 18.2 Å². The molecule has 0 unspecified atom stereocenters. The lowest BCUT2D eigenvalue weighted by atomic mass is 10.1. The molecular formula is C12H26N7O. The Balaban J connectivity index is 4.16. The number of nitrogens with one attached hydrogen (secondary N) is 4. The molecule has 0 aromatic carbocycles. The fourth-order valence-electron chi connectivity index (χ4n) is 1.74. The van der Waals surface area contributed by atoms with Crippen molar-refractivity contribution in [1.29, 1.82) is 10.8 Å². The van der Waals surface area contributed by atoms with E-state index in [1.807, 2.05) is 6.29 Å². The van der Waals surface area contributed by atoms with Crippen LogP contribution in [-0.2, 0) is 4.79 Å². The molecule has 0 rings (SSSR count). The van der Waals surface area contributed by atoms with E-state index < -0.39 is 6.04 Å². The van der Waals surface area contributed by atoms with E-state index >= 15 is 0 Å². The molecule has 115 valence electrons. The Morgan fingerprint density at radius 2 is 1.95 bits per heavy atom. The topological polar surface area (TPSA) is 144 Å². The molecule has 8 heteroatoms. The van der Waals surface area contributed by atoms with Crippen LogP contribution in [0.25, 0.3) is 0 Å². The zero-order chi connectivity index (χ0) is 15.4. The van der Waals surface area contributed by atoms with Gasteiger partial charge in [-0.15, -0.1) is 0 Å². The quantitative estimate of drug-likeness (QED) is 0.132. The van der Waals surface area contributed by atoms with Gasteiger partial charge in [0.25, 0.3) is 0 Å². The summed E-state index contributed by atoms with van der Waals surface area (Å²) in [7, 11) is 0. The normalized spacial score (nSPS) is 11.9. The lowest BCUT2D eigenvalue weighted by Gasteiger charge is -2.28. The van der Waals surface area contributed by atoms with Crippen molar-refractivity contribution in [3.05, 3.63) is 0 Å².